The van der Waals surface area contributed by atoms with Gasteiger partial charge in [-0.05, 0) is 25.8 Å². The van der Waals surface area contributed by atoms with Gasteiger partial charge in [-0.2, -0.15) is 0 Å². The van der Waals surface area contributed by atoms with E-state index in [4.69, 9.17) is 11.5 Å². The summed E-state index contributed by atoms with van der Waals surface area (Å²) in [7, 11) is 0. The Morgan fingerprint density at radius 3 is 2.33 bits per heavy atom. The van der Waals surface area contributed by atoms with E-state index in [0.29, 0.717) is 33.6 Å². The van der Waals surface area contributed by atoms with Crippen LogP contribution in [0.25, 0.3) is 21.6 Å². The summed E-state index contributed by atoms with van der Waals surface area (Å²) in [6, 6.07) is 6.62. The molecule has 3 aromatic rings. The number of fused-ring (bicyclic) bond motifs is 1. The van der Waals surface area contributed by atoms with Crippen molar-refractivity contribution in [1.82, 2.24) is 9.55 Å². The molecular formula is C19H20N4O3S. The molecule has 1 atom stereocenters. The maximum Gasteiger partial charge on any atom is 0.263 e. The van der Waals surface area contributed by atoms with Gasteiger partial charge in [0.15, 0.2) is 0 Å². The highest BCUT2D eigenvalue weighted by molar-refractivity contribution is 7.20. The van der Waals surface area contributed by atoms with E-state index in [9.17, 15) is 14.4 Å². The number of nitrogens with two attached hydrogens (primary N) is 2. The van der Waals surface area contributed by atoms with E-state index >= 15 is 0 Å². The van der Waals surface area contributed by atoms with Crippen LogP contribution in [0, 0.1) is 13.8 Å². The zero-order valence-electron chi connectivity index (χ0n) is 15.3. The average Bonchev–Trinajstić information content (AvgIpc) is 2.95. The summed E-state index contributed by atoms with van der Waals surface area (Å²) in [4.78, 5) is 42.4. The van der Waals surface area contributed by atoms with Gasteiger partial charge < -0.3 is 11.5 Å². The molecule has 1 aromatic carbocycles. The molecule has 0 aliphatic carbocycles. The van der Waals surface area contributed by atoms with Crippen LogP contribution < -0.4 is 17.0 Å². The molecule has 0 bridgehead atoms. The first-order valence-electron chi connectivity index (χ1n) is 8.48. The summed E-state index contributed by atoms with van der Waals surface area (Å²) in [5.41, 5.74) is 12.8. The van der Waals surface area contributed by atoms with Gasteiger partial charge in [0, 0.05) is 5.56 Å². The first-order chi connectivity index (χ1) is 12.8. The van der Waals surface area contributed by atoms with Gasteiger partial charge in [-0.15, -0.1) is 11.3 Å². The predicted molar refractivity (Wildman–Crippen MR) is 106 cm³/mol. The van der Waals surface area contributed by atoms with Crippen molar-refractivity contribution in [3.8, 4) is 11.4 Å². The summed E-state index contributed by atoms with van der Waals surface area (Å²) < 4.78 is 1.33. The number of aromatic nitrogens is 2. The van der Waals surface area contributed by atoms with Crippen molar-refractivity contribution in [1.29, 1.82) is 0 Å². The normalized spacial score (nSPS) is 12.3. The average molecular weight is 384 g/mol. The fraction of sp³-hybridized carbons (Fsp3) is 0.263. The minimum atomic E-state index is -0.845. The Bertz CT molecular complexity index is 1110. The summed E-state index contributed by atoms with van der Waals surface area (Å²) in [6.45, 7) is 5.39. The van der Waals surface area contributed by atoms with Crippen molar-refractivity contribution in [2.45, 2.75) is 33.2 Å². The van der Waals surface area contributed by atoms with Crippen LogP contribution in [-0.2, 0) is 4.79 Å². The Labute approximate surface area is 159 Å². The molecule has 7 nitrogen and oxygen atoms in total. The van der Waals surface area contributed by atoms with Crippen molar-refractivity contribution >= 4 is 33.4 Å². The van der Waals surface area contributed by atoms with Gasteiger partial charge >= 0.3 is 0 Å². The SMILES string of the molecule is CCC(C(N)=O)n1c(-c2ccc(C)cc2)nc2sc(C(N)=O)c(C)c2c1=O. The lowest BCUT2D eigenvalue weighted by atomic mass is 10.1. The molecule has 0 saturated heterocycles. The van der Waals surface area contributed by atoms with E-state index in [1.165, 1.54) is 4.57 Å². The largest absolute Gasteiger partial charge is 0.368 e. The van der Waals surface area contributed by atoms with E-state index < -0.39 is 23.4 Å². The lowest BCUT2D eigenvalue weighted by Crippen LogP contribution is -2.35. The molecule has 2 heterocycles. The van der Waals surface area contributed by atoms with Crippen LogP contribution in [0.1, 0.15) is 40.2 Å². The highest BCUT2D eigenvalue weighted by atomic mass is 32.1. The number of carbonyl (C=O) groups is 2. The molecule has 0 spiro atoms. The van der Waals surface area contributed by atoms with Crippen molar-refractivity contribution in [2.24, 2.45) is 11.5 Å². The molecule has 3 rings (SSSR count). The van der Waals surface area contributed by atoms with Crippen LogP contribution in [0.15, 0.2) is 29.1 Å². The van der Waals surface area contributed by atoms with Crippen molar-refractivity contribution in [3.05, 3.63) is 50.6 Å². The topological polar surface area (TPSA) is 121 Å². The quantitative estimate of drug-likeness (QED) is 0.701. The molecule has 0 aliphatic rings. The molecule has 0 saturated carbocycles. The third-order valence-electron chi connectivity index (χ3n) is 4.56. The smallest absolute Gasteiger partial charge is 0.263 e. The van der Waals surface area contributed by atoms with Crippen LogP contribution in [0.3, 0.4) is 0 Å². The van der Waals surface area contributed by atoms with Crippen molar-refractivity contribution in [2.75, 3.05) is 0 Å². The Kier molecular flexibility index (Phi) is 4.84. The fourth-order valence-corrected chi connectivity index (χ4v) is 4.16. The van der Waals surface area contributed by atoms with Gasteiger partial charge in [0.25, 0.3) is 11.5 Å². The molecule has 27 heavy (non-hydrogen) atoms. The Balaban J connectivity index is 2.45. The van der Waals surface area contributed by atoms with Gasteiger partial charge in [-0.1, -0.05) is 36.8 Å². The van der Waals surface area contributed by atoms with Gasteiger partial charge in [-0.25, -0.2) is 4.98 Å². The first-order valence-corrected chi connectivity index (χ1v) is 9.29. The molecule has 140 valence electrons. The third-order valence-corrected chi connectivity index (χ3v) is 5.76. The van der Waals surface area contributed by atoms with Gasteiger partial charge in [-0.3, -0.25) is 19.0 Å². The lowest BCUT2D eigenvalue weighted by molar-refractivity contribution is -0.121. The molecule has 4 N–H and O–H groups in total. The Morgan fingerprint density at radius 1 is 1.19 bits per heavy atom. The highest BCUT2D eigenvalue weighted by Gasteiger charge is 2.26. The third kappa shape index (κ3) is 3.12. The molecule has 8 heteroatoms. The van der Waals surface area contributed by atoms with E-state index in [1.807, 2.05) is 31.2 Å². The second-order valence-electron chi connectivity index (χ2n) is 6.40. The highest BCUT2D eigenvalue weighted by Crippen LogP contribution is 2.30. The van der Waals surface area contributed by atoms with Crippen LogP contribution in [0.5, 0.6) is 0 Å². The number of thiophene rings is 1. The Morgan fingerprint density at radius 2 is 1.81 bits per heavy atom. The number of hydrogen-bond donors (Lipinski definition) is 2. The van der Waals surface area contributed by atoms with Gasteiger partial charge in [0.05, 0.1) is 10.3 Å². The summed E-state index contributed by atoms with van der Waals surface area (Å²) in [5.74, 6) is -0.882. The monoisotopic (exact) mass is 384 g/mol. The summed E-state index contributed by atoms with van der Waals surface area (Å²) in [6.07, 6.45) is 0.340. The molecular weight excluding hydrogens is 364 g/mol. The van der Waals surface area contributed by atoms with Crippen molar-refractivity contribution in [3.63, 3.8) is 0 Å². The number of nitrogens with zero attached hydrogens (tertiary/aromatic N) is 2. The van der Waals surface area contributed by atoms with Crippen LogP contribution in [0.4, 0.5) is 0 Å². The standard InChI is InChI=1S/C19H20N4O3S/c1-4-12(15(20)24)23-17(11-7-5-9(2)6-8-11)22-18-13(19(23)26)10(3)14(27-18)16(21)25/h5-8,12H,4H2,1-3H3,(H2,20,24)(H2,21,25). The van der Waals surface area contributed by atoms with Crippen molar-refractivity contribution < 1.29 is 9.59 Å². The van der Waals surface area contributed by atoms with E-state index in [2.05, 4.69) is 4.98 Å². The minimum Gasteiger partial charge on any atom is -0.368 e. The molecule has 0 fully saturated rings. The number of carbonyl (C=O) groups excluding carboxylic acids is 2. The fourth-order valence-electron chi connectivity index (χ4n) is 3.14. The van der Waals surface area contributed by atoms with Crippen LogP contribution in [0.2, 0.25) is 0 Å². The molecule has 1 unspecified atom stereocenters. The lowest BCUT2D eigenvalue weighted by Gasteiger charge is -2.19. The molecule has 2 amide bonds. The number of benzene rings is 1. The summed E-state index contributed by atoms with van der Waals surface area (Å²) in [5, 5.41) is 0.296. The van der Waals surface area contributed by atoms with Crippen LogP contribution in [-0.4, -0.2) is 21.4 Å². The Hall–Kier alpha value is -3.00. The maximum atomic E-state index is 13.3. The number of rotatable bonds is 5. The zero-order chi connectivity index (χ0) is 19.9. The number of aryl methyl sites for hydroxylation is 2. The minimum absolute atomic E-state index is 0.286. The second-order valence-corrected chi connectivity index (χ2v) is 7.40. The predicted octanol–water partition coefficient (Wildman–Crippen LogP) is 2.28. The van der Waals surface area contributed by atoms with E-state index in [1.54, 1.807) is 13.8 Å². The molecule has 0 radical (unpaired) electrons. The number of amides is 2. The van der Waals surface area contributed by atoms with Gasteiger partial charge in [0.1, 0.15) is 16.7 Å². The van der Waals surface area contributed by atoms with Gasteiger partial charge in [0.2, 0.25) is 5.91 Å². The summed E-state index contributed by atoms with van der Waals surface area (Å²) >= 11 is 1.08. The molecule has 2 aromatic heterocycles. The van der Waals surface area contributed by atoms with Crippen LogP contribution >= 0.6 is 11.3 Å². The van der Waals surface area contributed by atoms with E-state index in [-0.39, 0.29) is 4.88 Å². The first kappa shape index (κ1) is 18.8. The maximum absolute atomic E-state index is 13.3. The number of primary amides is 2. The zero-order valence-corrected chi connectivity index (χ0v) is 16.1. The van der Waals surface area contributed by atoms with E-state index in [0.717, 1.165) is 16.9 Å². The second kappa shape index (κ2) is 6.96. The molecule has 0 aliphatic heterocycles. The number of hydrogen-bond acceptors (Lipinski definition) is 5.